The number of pyridine rings is 1. The molecule has 0 aromatic carbocycles. The molecule has 5 nitrogen and oxygen atoms in total. The molecule has 3 N–H and O–H groups in total. The molecule has 0 spiro atoms. The monoisotopic (exact) mass is 541 g/mol. The third-order valence-corrected chi connectivity index (χ3v) is 8.36. The Morgan fingerprint density at radius 3 is 2.17 bits per heavy atom. The van der Waals surface area contributed by atoms with Gasteiger partial charge in [-0.05, 0) is 33.1 Å². The average molecular weight is 542 g/mol. The van der Waals surface area contributed by atoms with E-state index in [0.717, 1.165) is 43.1 Å². The van der Waals surface area contributed by atoms with Crippen LogP contribution in [0.1, 0.15) is 91.9 Å². The largest absolute Gasteiger partial charge is 1.00 e. The molecule has 0 saturated carbocycles. The summed E-state index contributed by atoms with van der Waals surface area (Å²) in [4.78, 5) is 2.19. The number of hydrogen-bond acceptors (Lipinski definition) is 5. The van der Waals surface area contributed by atoms with Crippen molar-refractivity contribution in [1.29, 1.82) is 5.26 Å². The van der Waals surface area contributed by atoms with Crippen molar-refractivity contribution in [3.05, 3.63) is 30.6 Å². The van der Waals surface area contributed by atoms with E-state index in [4.69, 9.17) is 18.0 Å². The minimum absolute atomic E-state index is 0. The zero-order valence-electron chi connectivity index (χ0n) is 22.3. The van der Waals surface area contributed by atoms with E-state index in [2.05, 4.69) is 44.1 Å². The fourth-order valence-electron chi connectivity index (χ4n) is 4.29. The van der Waals surface area contributed by atoms with Crippen LogP contribution in [0.15, 0.2) is 30.6 Å². The number of nitrogens with zero attached hydrogens (tertiary/aromatic N) is 3. The van der Waals surface area contributed by atoms with Crippen LogP contribution in [0.4, 0.5) is 0 Å². The Hall–Kier alpha value is -1.07. The highest BCUT2D eigenvalue weighted by atomic mass is 35.5. The molecular formula is C27H48ClN5S2. The minimum atomic E-state index is -0.198. The van der Waals surface area contributed by atoms with Crippen molar-refractivity contribution in [1.82, 2.24) is 4.90 Å². The van der Waals surface area contributed by atoms with Crippen molar-refractivity contribution in [2.45, 2.75) is 109 Å². The van der Waals surface area contributed by atoms with Crippen LogP contribution in [0.5, 0.6) is 0 Å². The first-order chi connectivity index (χ1) is 16.5. The molecule has 0 fully saturated rings. The molecule has 1 rings (SSSR count). The zero-order valence-corrected chi connectivity index (χ0v) is 24.7. The summed E-state index contributed by atoms with van der Waals surface area (Å²) in [5, 5.41) is 10.4. The van der Waals surface area contributed by atoms with Gasteiger partial charge in [-0.3, -0.25) is 0 Å². The second kappa shape index (κ2) is 21.1. The van der Waals surface area contributed by atoms with E-state index in [1.165, 1.54) is 38.5 Å². The van der Waals surface area contributed by atoms with Crippen LogP contribution in [0.3, 0.4) is 0 Å². The van der Waals surface area contributed by atoms with Crippen molar-refractivity contribution in [3.63, 3.8) is 0 Å². The number of nitrogens with two attached hydrogens (primary N) is 1. The number of rotatable bonds is 18. The fourth-order valence-corrected chi connectivity index (χ4v) is 6.15. The summed E-state index contributed by atoms with van der Waals surface area (Å²) in [6.07, 6.45) is 15.6. The van der Waals surface area contributed by atoms with Gasteiger partial charge in [-0.25, -0.2) is 0 Å². The Kier molecular flexibility index (Phi) is 20.4. The molecular weight excluding hydrogens is 494 g/mol. The van der Waals surface area contributed by atoms with Crippen molar-refractivity contribution in [2.24, 2.45) is 11.7 Å². The average Bonchev–Trinajstić information content (AvgIpc) is 2.84. The van der Waals surface area contributed by atoms with Gasteiger partial charge in [0.15, 0.2) is 12.4 Å². The zero-order chi connectivity index (χ0) is 25.2. The number of halogens is 1. The first-order valence-corrected chi connectivity index (χ1v) is 14.6. The highest BCUT2D eigenvalue weighted by molar-refractivity contribution is 8.23. The van der Waals surface area contributed by atoms with Crippen LogP contribution < -0.4 is 28.2 Å². The summed E-state index contributed by atoms with van der Waals surface area (Å²) in [5.41, 5.74) is 10.2. The first-order valence-electron chi connectivity index (χ1n) is 13.3. The Morgan fingerprint density at radius 2 is 1.63 bits per heavy atom. The lowest BCUT2D eigenvalue weighted by Crippen LogP contribution is -3.00. The van der Waals surface area contributed by atoms with Gasteiger partial charge in [0.2, 0.25) is 0 Å². The fraction of sp³-hybridized carbons (Fsp3) is 0.741. The SMILES string of the molecule is CCCCCCCCCC(N)CC(N[n+]1ccccc1)C(C#N)C(CC)SC(=S)N(CC)CC.[Cl-]. The third-order valence-electron chi connectivity index (χ3n) is 6.42. The van der Waals surface area contributed by atoms with Crippen LogP contribution in [0.2, 0.25) is 0 Å². The maximum atomic E-state index is 10.3. The van der Waals surface area contributed by atoms with Crippen molar-refractivity contribution in [2.75, 3.05) is 18.5 Å². The normalized spacial score (nSPS) is 14.2. The highest BCUT2D eigenvalue weighted by Crippen LogP contribution is 2.30. The molecule has 1 aromatic rings. The Labute approximate surface area is 231 Å². The number of aromatic nitrogens is 1. The highest BCUT2D eigenvalue weighted by Gasteiger charge is 2.34. The van der Waals surface area contributed by atoms with Crippen molar-refractivity contribution < 1.29 is 17.1 Å². The number of nitriles is 1. The molecule has 0 aliphatic carbocycles. The summed E-state index contributed by atoms with van der Waals surface area (Å²) in [6.45, 7) is 10.4. The smallest absolute Gasteiger partial charge is 0.199 e. The summed E-state index contributed by atoms with van der Waals surface area (Å²) in [6, 6.07) is 8.63. The van der Waals surface area contributed by atoms with E-state index in [1.54, 1.807) is 11.8 Å². The molecule has 1 aromatic heterocycles. The van der Waals surface area contributed by atoms with E-state index >= 15 is 0 Å². The second-order valence-corrected chi connectivity index (χ2v) is 11.0. The van der Waals surface area contributed by atoms with Gasteiger partial charge in [0, 0.05) is 36.5 Å². The van der Waals surface area contributed by atoms with E-state index in [9.17, 15) is 5.26 Å². The third kappa shape index (κ3) is 13.7. The van der Waals surface area contributed by atoms with Gasteiger partial charge in [0.25, 0.3) is 0 Å². The molecule has 0 radical (unpaired) electrons. The predicted octanol–water partition coefficient (Wildman–Crippen LogP) is 3.03. The van der Waals surface area contributed by atoms with Gasteiger partial charge >= 0.3 is 0 Å². The molecule has 4 unspecified atom stereocenters. The molecule has 200 valence electrons. The van der Waals surface area contributed by atoms with E-state index < -0.39 is 0 Å². The molecule has 8 heteroatoms. The standard InChI is InChI=1S/C27H48N5S2.ClH/c1-5-9-10-11-12-13-15-18-23(29)21-25(30-32-19-16-14-17-20-32)24(22-28)26(6-2)34-27(33)31(7-3)8-4;/h14,16-17,19-20,23-26,30H,5-13,15,18,21,29H2,1-4H3;1H/q+1;/p-1. The quantitative estimate of drug-likeness (QED) is 0.169. The molecule has 0 amide bonds. The van der Waals surface area contributed by atoms with E-state index in [-0.39, 0.29) is 35.7 Å². The van der Waals surface area contributed by atoms with Gasteiger partial charge in [-0.1, -0.05) is 93.5 Å². The summed E-state index contributed by atoms with van der Waals surface area (Å²) >= 11 is 7.40. The van der Waals surface area contributed by atoms with Crippen LogP contribution in [0.25, 0.3) is 0 Å². The van der Waals surface area contributed by atoms with E-state index in [1.807, 2.05) is 35.3 Å². The number of thioether (sulfide) groups is 1. The lowest BCUT2D eigenvalue weighted by molar-refractivity contribution is -0.654. The Bertz CT molecular complexity index is 697. The van der Waals surface area contributed by atoms with Gasteiger partial charge in [-0.15, -0.1) is 0 Å². The molecule has 35 heavy (non-hydrogen) atoms. The summed E-state index contributed by atoms with van der Waals surface area (Å²) in [5.74, 6) is -0.198. The maximum Gasteiger partial charge on any atom is 0.199 e. The maximum absolute atomic E-state index is 10.3. The number of thiocarbonyl (C=S) groups is 1. The summed E-state index contributed by atoms with van der Waals surface area (Å²) in [7, 11) is 0. The Balaban J connectivity index is 0.0000116. The molecule has 0 saturated heterocycles. The van der Waals surface area contributed by atoms with Crippen molar-refractivity contribution >= 4 is 28.3 Å². The van der Waals surface area contributed by atoms with Crippen LogP contribution in [-0.2, 0) is 0 Å². The molecule has 0 bridgehead atoms. The lowest BCUT2D eigenvalue weighted by Gasteiger charge is -2.30. The molecule has 4 atom stereocenters. The van der Waals surface area contributed by atoms with Crippen LogP contribution >= 0.6 is 24.0 Å². The summed E-state index contributed by atoms with van der Waals surface area (Å²) < 4.78 is 2.84. The number of nitrogens with one attached hydrogen (secondary N) is 1. The number of unbranched alkanes of at least 4 members (excludes halogenated alkanes) is 6. The first kappa shape index (κ1) is 33.9. The lowest BCUT2D eigenvalue weighted by atomic mass is 9.89. The van der Waals surface area contributed by atoms with Gasteiger partial charge < -0.3 is 23.0 Å². The minimum Gasteiger partial charge on any atom is -1.00 e. The molecule has 0 aliphatic heterocycles. The van der Waals surface area contributed by atoms with Gasteiger partial charge in [0.05, 0.1) is 18.0 Å². The molecule has 1 heterocycles. The van der Waals surface area contributed by atoms with Gasteiger partial charge in [0.1, 0.15) is 4.32 Å². The topological polar surface area (TPSA) is 69.0 Å². The van der Waals surface area contributed by atoms with Crippen LogP contribution in [-0.4, -0.2) is 39.6 Å². The van der Waals surface area contributed by atoms with Gasteiger partial charge in [-0.2, -0.15) is 10.7 Å². The number of hydrogen-bond donors (Lipinski definition) is 2. The molecule has 0 aliphatic rings. The van der Waals surface area contributed by atoms with E-state index in [0.29, 0.717) is 0 Å². The second-order valence-electron chi connectivity index (χ2n) is 9.08. The predicted molar refractivity (Wildman–Crippen MR) is 151 cm³/mol. The van der Waals surface area contributed by atoms with Crippen LogP contribution in [0, 0.1) is 17.2 Å². The Morgan fingerprint density at radius 1 is 1.03 bits per heavy atom. The van der Waals surface area contributed by atoms with Crippen molar-refractivity contribution in [3.8, 4) is 6.07 Å².